The lowest BCUT2D eigenvalue weighted by molar-refractivity contribution is 0.612. The zero-order chi connectivity index (χ0) is 10.8. The lowest BCUT2D eigenvalue weighted by Gasteiger charge is -2.12. The molecule has 2 rings (SSSR count). The first-order valence-electron chi connectivity index (χ1n) is 5.41. The predicted molar refractivity (Wildman–Crippen MR) is 63.0 cm³/mol. The molecule has 1 aromatic carbocycles. The van der Waals surface area contributed by atoms with Crippen LogP contribution in [0.2, 0.25) is 0 Å². The maximum Gasteiger partial charge on any atom is 0.137 e. The Labute approximate surface area is 90.1 Å². The van der Waals surface area contributed by atoms with Crippen molar-refractivity contribution in [1.82, 2.24) is 0 Å². The Kier molecular flexibility index (Phi) is 2.78. The number of hydrogen-bond acceptors (Lipinski definition) is 2. The van der Waals surface area contributed by atoms with Gasteiger partial charge in [0, 0.05) is 5.39 Å². The molecule has 2 heteroatoms. The number of aryl methyl sites for hydroxylation is 1. The van der Waals surface area contributed by atoms with E-state index >= 15 is 0 Å². The summed E-state index contributed by atoms with van der Waals surface area (Å²) in [5.74, 6) is 0.496. The van der Waals surface area contributed by atoms with E-state index in [-0.39, 0.29) is 0 Å². The van der Waals surface area contributed by atoms with Crippen molar-refractivity contribution in [1.29, 1.82) is 0 Å². The highest BCUT2D eigenvalue weighted by atomic mass is 16.3. The maximum absolute atomic E-state index is 5.59. The molecule has 0 saturated heterocycles. The SMILES string of the molecule is Cc1ccc(C(C)CCN)c2ccoc12. The van der Waals surface area contributed by atoms with E-state index < -0.39 is 0 Å². The van der Waals surface area contributed by atoms with Crippen LogP contribution >= 0.6 is 0 Å². The molecule has 2 N–H and O–H groups in total. The molecule has 0 aliphatic rings. The molecule has 0 spiro atoms. The van der Waals surface area contributed by atoms with Crippen LogP contribution in [0.1, 0.15) is 30.4 Å². The Morgan fingerprint density at radius 2 is 2.13 bits per heavy atom. The molecule has 0 fully saturated rings. The van der Waals surface area contributed by atoms with Crippen LogP contribution in [0.25, 0.3) is 11.0 Å². The van der Waals surface area contributed by atoms with Gasteiger partial charge in [0.05, 0.1) is 6.26 Å². The fourth-order valence-electron chi connectivity index (χ4n) is 2.06. The van der Waals surface area contributed by atoms with Crippen LogP contribution in [0.3, 0.4) is 0 Å². The summed E-state index contributed by atoms with van der Waals surface area (Å²) < 4.78 is 5.49. The van der Waals surface area contributed by atoms with Gasteiger partial charge in [-0.3, -0.25) is 0 Å². The third kappa shape index (κ3) is 1.77. The third-order valence-electron chi connectivity index (χ3n) is 2.98. The molecule has 1 heterocycles. The zero-order valence-corrected chi connectivity index (χ0v) is 9.29. The predicted octanol–water partition coefficient (Wildman–Crippen LogP) is 3.19. The van der Waals surface area contributed by atoms with E-state index in [0.29, 0.717) is 5.92 Å². The Hall–Kier alpha value is -1.28. The van der Waals surface area contributed by atoms with Crippen LogP contribution in [-0.2, 0) is 0 Å². The van der Waals surface area contributed by atoms with E-state index in [2.05, 4.69) is 26.0 Å². The molecule has 0 saturated carbocycles. The van der Waals surface area contributed by atoms with E-state index in [0.717, 1.165) is 18.5 Å². The molecule has 1 unspecified atom stereocenters. The van der Waals surface area contributed by atoms with E-state index in [4.69, 9.17) is 10.2 Å². The van der Waals surface area contributed by atoms with Crippen molar-refractivity contribution in [2.75, 3.05) is 6.54 Å². The van der Waals surface area contributed by atoms with Gasteiger partial charge >= 0.3 is 0 Å². The summed E-state index contributed by atoms with van der Waals surface area (Å²) in [4.78, 5) is 0. The molecule has 0 amide bonds. The molecule has 0 aliphatic heterocycles. The Morgan fingerprint density at radius 3 is 2.87 bits per heavy atom. The molecule has 1 aromatic heterocycles. The first-order valence-corrected chi connectivity index (χ1v) is 5.41. The fraction of sp³-hybridized carbons (Fsp3) is 0.385. The molecule has 80 valence electrons. The quantitative estimate of drug-likeness (QED) is 0.832. The maximum atomic E-state index is 5.59. The minimum absolute atomic E-state index is 0.496. The average molecular weight is 203 g/mol. The summed E-state index contributed by atoms with van der Waals surface area (Å²) in [5.41, 5.74) is 9.14. The topological polar surface area (TPSA) is 39.2 Å². The van der Waals surface area contributed by atoms with Gasteiger partial charge in [-0.1, -0.05) is 19.1 Å². The third-order valence-corrected chi connectivity index (χ3v) is 2.98. The van der Waals surface area contributed by atoms with Gasteiger partial charge in [0.1, 0.15) is 5.58 Å². The molecule has 0 aliphatic carbocycles. The van der Waals surface area contributed by atoms with Crippen molar-refractivity contribution in [2.45, 2.75) is 26.2 Å². The molecular formula is C13H17NO. The van der Waals surface area contributed by atoms with Gasteiger partial charge in [0.2, 0.25) is 0 Å². The summed E-state index contributed by atoms with van der Waals surface area (Å²) in [6.45, 7) is 5.02. The van der Waals surface area contributed by atoms with E-state index in [1.165, 1.54) is 16.5 Å². The summed E-state index contributed by atoms with van der Waals surface area (Å²) >= 11 is 0. The highest BCUT2D eigenvalue weighted by molar-refractivity contribution is 5.84. The van der Waals surface area contributed by atoms with Crippen molar-refractivity contribution in [3.8, 4) is 0 Å². The normalized spacial score (nSPS) is 13.3. The largest absolute Gasteiger partial charge is 0.464 e. The lowest BCUT2D eigenvalue weighted by Crippen LogP contribution is -2.04. The number of rotatable bonds is 3. The van der Waals surface area contributed by atoms with Gasteiger partial charge < -0.3 is 10.2 Å². The first-order chi connectivity index (χ1) is 7.24. The first kappa shape index (κ1) is 10.2. The molecule has 0 bridgehead atoms. The van der Waals surface area contributed by atoms with Crippen LogP contribution in [0, 0.1) is 6.92 Å². The van der Waals surface area contributed by atoms with Gasteiger partial charge in [-0.25, -0.2) is 0 Å². The second-order valence-corrected chi connectivity index (χ2v) is 4.11. The smallest absolute Gasteiger partial charge is 0.137 e. The molecular weight excluding hydrogens is 186 g/mol. The van der Waals surface area contributed by atoms with Crippen LogP contribution in [-0.4, -0.2) is 6.54 Å². The van der Waals surface area contributed by atoms with E-state index in [9.17, 15) is 0 Å². The standard InChI is InChI=1S/C13H17NO/c1-9(5-7-14)11-4-3-10(2)13-12(11)6-8-15-13/h3-4,6,8-9H,5,7,14H2,1-2H3. The van der Waals surface area contributed by atoms with Crippen molar-refractivity contribution in [3.63, 3.8) is 0 Å². The molecule has 0 radical (unpaired) electrons. The number of nitrogens with two attached hydrogens (primary N) is 1. The van der Waals surface area contributed by atoms with Crippen molar-refractivity contribution >= 4 is 11.0 Å². The van der Waals surface area contributed by atoms with Crippen molar-refractivity contribution < 1.29 is 4.42 Å². The summed E-state index contributed by atoms with van der Waals surface area (Å²) in [5, 5.41) is 1.23. The highest BCUT2D eigenvalue weighted by Gasteiger charge is 2.11. The number of hydrogen-bond donors (Lipinski definition) is 1. The minimum Gasteiger partial charge on any atom is -0.464 e. The lowest BCUT2D eigenvalue weighted by atomic mass is 9.94. The fourth-order valence-corrected chi connectivity index (χ4v) is 2.06. The van der Waals surface area contributed by atoms with Crippen LogP contribution in [0.15, 0.2) is 28.9 Å². The van der Waals surface area contributed by atoms with E-state index in [1.54, 1.807) is 6.26 Å². The van der Waals surface area contributed by atoms with Gasteiger partial charge in [-0.15, -0.1) is 0 Å². The van der Waals surface area contributed by atoms with Crippen molar-refractivity contribution in [2.24, 2.45) is 5.73 Å². The average Bonchev–Trinajstić information content (AvgIpc) is 2.68. The van der Waals surface area contributed by atoms with Crippen LogP contribution in [0.5, 0.6) is 0 Å². The molecule has 2 nitrogen and oxygen atoms in total. The molecule has 2 aromatic rings. The molecule has 1 atom stereocenters. The second-order valence-electron chi connectivity index (χ2n) is 4.11. The van der Waals surface area contributed by atoms with Gasteiger partial charge in [0.15, 0.2) is 0 Å². The minimum atomic E-state index is 0.496. The summed E-state index contributed by atoms with van der Waals surface area (Å²) in [6, 6.07) is 6.35. The number of fused-ring (bicyclic) bond motifs is 1. The molecule has 15 heavy (non-hydrogen) atoms. The number of benzene rings is 1. The monoisotopic (exact) mass is 203 g/mol. The Balaban J connectivity index is 2.52. The number of furan rings is 1. The Morgan fingerprint density at radius 1 is 1.33 bits per heavy atom. The van der Waals surface area contributed by atoms with Crippen molar-refractivity contribution in [3.05, 3.63) is 35.6 Å². The van der Waals surface area contributed by atoms with E-state index in [1.807, 2.05) is 6.07 Å². The summed E-state index contributed by atoms with van der Waals surface area (Å²) in [7, 11) is 0. The van der Waals surface area contributed by atoms with Crippen LogP contribution < -0.4 is 5.73 Å². The van der Waals surface area contributed by atoms with Gasteiger partial charge in [-0.05, 0) is 43.0 Å². The van der Waals surface area contributed by atoms with Gasteiger partial charge in [-0.2, -0.15) is 0 Å². The van der Waals surface area contributed by atoms with Gasteiger partial charge in [0.25, 0.3) is 0 Å². The Bertz CT molecular complexity index is 459. The summed E-state index contributed by atoms with van der Waals surface area (Å²) in [6.07, 6.45) is 2.78. The highest BCUT2D eigenvalue weighted by Crippen LogP contribution is 2.30. The second kappa shape index (κ2) is 4.07. The van der Waals surface area contributed by atoms with Crippen LogP contribution in [0.4, 0.5) is 0 Å². The zero-order valence-electron chi connectivity index (χ0n) is 9.29.